The zero-order valence-corrected chi connectivity index (χ0v) is 28.5. The van der Waals surface area contributed by atoms with E-state index in [9.17, 15) is 0 Å². The second kappa shape index (κ2) is 11.1. The molecule has 0 bridgehead atoms. The fourth-order valence-electron chi connectivity index (χ4n) is 8.43. The lowest BCUT2D eigenvalue weighted by Crippen LogP contribution is -1.91. The first kappa shape index (κ1) is 28.5. The molecule has 0 atom stereocenters. The number of fused-ring (bicyclic) bond motifs is 9. The number of benzene rings is 10. The summed E-state index contributed by atoms with van der Waals surface area (Å²) in [5.74, 6) is 0. The van der Waals surface area contributed by atoms with Crippen molar-refractivity contribution in [2.45, 2.75) is 0 Å². The Morgan fingerprint density at radius 2 is 0.824 bits per heavy atom. The van der Waals surface area contributed by atoms with Crippen LogP contribution in [0, 0.1) is 0 Å². The molecular formula is C50H30S. The molecule has 10 aromatic carbocycles. The Morgan fingerprint density at radius 1 is 0.275 bits per heavy atom. The third-order valence-corrected chi connectivity index (χ3v) is 12.0. The van der Waals surface area contributed by atoms with E-state index in [0.717, 1.165) is 0 Å². The molecule has 51 heavy (non-hydrogen) atoms. The molecule has 11 rings (SSSR count). The maximum Gasteiger partial charge on any atom is 0.0433 e. The summed E-state index contributed by atoms with van der Waals surface area (Å²) in [5, 5.41) is 15.5. The van der Waals surface area contributed by atoms with Crippen molar-refractivity contribution in [3.05, 3.63) is 182 Å². The zero-order chi connectivity index (χ0) is 33.5. The van der Waals surface area contributed by atoms with Crippen molar-refractivity contribution in [3.8, 4) is 33.4 Å². The predicted octanol–water partition coefficient (Wildman–Crippen LogP) is 14.8. The first-order valence-electron chi connectivity index (χ1n) is 17.6. The van der Waals surface area contributed by atoms with E-state index in [1.165, 1.54) is 107 Å². The molecule has 0 radical (unpaired) electrons. The first-order valence-corrected chi connectivity index (χ1v) is 18.4. The van der Waals surface area contributed by atoms with Gasteiger partial charge in [0.25, 0.3) is 0 Å². The van der Waals surface area contributed by atoms with Crippen LogP contribution >= 0.6 is 11.3 Å². The van der Waals surface area contributed by atoms with Gasteiger partial charge in [0.05, 0.1) is 0 Å². The maximum absolute atomic E-state index is 2.36. The molecule has 1 heteroatoms. The van der Waals surface area contributed by atoms with Crippen molar-refractivity contribution in [3.63, 3.8) is 0 Å². The summed E-state index contributed by atoms with van der Waals surface area (Å²) >= 11 is 1.91. The van der Waals surface area contributed by atoms with E-state index in [0.29, 0.717) is 0 Å². The van der Waals surface area contributed by atoms with Crippen molar-refractivity contribution >= 4 is 85.4 Å². The fraction of sp³-hybridized carbons (Fsp3) is 0. The van der Waals surface area contributed by atoms with Gasteiger partial charge in [-0.15, -0.1) is 11.3 Å². The summed E-state index contributed by atoms with van der Waals surface area (Å²) in [4.78, 5) is 0. The average Bonchev–Trinajstić information content (AvgIpc) is 3.56. The van der Waals surface area contributed by atoms with Crippen LogP contribution in [-0.2, 0) is 0 Å². The van der Waals surface area contributed by atoms with Gasteiger partial charge in [0.2, 0.25) is 0 Å². The normalized spacial score (nSPS) is 11.9. The average molecular weight is 663 g/mol. The van der Waals surface area contributed by atoms with Gasteiger partial charge in [-0.3, -0.25) is 0 Å². The third-order valence-electron chi connectivity index (χ3n) is 10.8. The minimum absolute atomic E-state index is 1.23. The van der Waals surface area contributed by atoms with Crippen molar-refractivity contribution in [2.24, 2.45) is 0 Å². The molecule has 1 aromatic heterocycles. The van der Waals surface area contributed by atoms with Crippen molar-refractivity contribution in [1.82, 2.24) is 0 Å². The van der Waals surface area contributed by atoms with Crippen LogP contribution in [0.2, 0.25) is 0 Å². The lowest BCUT2D eigenvalue weighted by Gasteiger charge is -2.19. The summed E-state index contributed by atoms with van der Waals surface area (Å²) in [7, 11) is 0. The van der Waals surface area contributed by atoms with Crippen molar-refractivity contribution < 1.29 is 0 Å². The molecule has 0 aliphatic heterocycles. The van der Waals surface area contributed by atoms with Gasteiger partial charge in [-0.05, 0) is 105 Å². The minimum atomic E-state index is 1.23. The largest absolute Gasteiger partial charge is 0.135 e. The van der Waals surface area contributed by atoms with E-state index < -0.39 is 0 Å². The Hall–Kier alpha value is -6.28. The van der Waals surface area contributed by atoms with Crippen molar-refractivity contribution in [2.75, 3.05) is 0 Å². The number of thiophene rings is 1. The molecule has 0 N–H and O–H groups in total. The van der Waals surface area contributed by atoms with Gasteiger partial charge in [-0.2, -0.15) is 0 Å². The smallest absolute Gasteiger partial charge is 0.0433 e. The summed E-state index contributed by atoms with van der Waals surface area (Å²) < 4.78 is 2.71. The van der Waals surface area contributed by atoms with Gasteiger partial charge < -0.3 is 0 Å². The first-order chi connectivity index (χ1) is 25.3. The van der Waals surface area contributed by atoms with Crippen LogP contribution in [0.25, 0.3) is 107 Å². The molecule has 0 fully saturated rings. The third kappa shape index (κ3) is 4.39. The molecule has 0 saturated carbocycles. The van der Waals surface area contributed by atoms with Gasteiger partial charge in [0, 0.05) is 20.2 Å². The molecule has 0 amide bonds. The summed E-state index contributed by atoms with van der Waals surface area (Å²) in [6, 6.07) is 67.4. The SMILES string of the molecule is c1ccc2cc3c(cc2c1)sc1c2ccc(-c4ccc(-c5c6ccccc6c(-c6cccc7ccccc67)c6ccccc56)cc4)cc2ccc31. The Bertz CT molecular complexity index is 3120. The van der Waals surface area contributed by atoms with Gasteiger partial charge in [-0.25, -0.2) is 0 Å². The minimum Gasteiger partial charge on any atom is -0.135 e. The van der Waals surface area contributed by atoms with Gasteiger partial charge in [0.15, 0.2) is 0 Å². The van der Waals surface area contributed by atoms with Crippen LogP contribution in [0.1, 0.15) is 0 Å². The standard InChI is InChI=1S/C50H30S/c1-2-12-35-30-47-46(29-34(35)11-1)45-27-25-37-28-36(24-26-39(37)50(45)51-47)31-20-22-33(23-21-31)48-41-15-5-7-17-43(41)49(44-18-8-6-16-42(44)48)40-19-9-13-32-10-3-4-14-38(32)40/h1-30H. The van der Waals surface area contributed by atoms with Crippen molar-refractivity contribution in [1.29, 1.82) is 0 Å². The highest BCUT2D eigenvalue weighted by atomic mass is 32.1. The summed E-state index contributed by atoms with van der Waals surface area (Å²) in [6.07, 6.45) is 0. The second-order valence-electron chi connectivity index (χ2n) is 13.6. The summed E-state index contributed by atoms with van der Waals surface area (Å²) in [6.45, 7) is 0. The molecule has 0 aliphatic carbocycles. The fourth-order valence-corrected chi connectivity index (χ4v) is 9.70. The maximum atomic E-state index is 2.36. The molecule has 1 heterocycles. The molecule has 0 aliphatic rings. The monoisotopic (exact) mass is 662 g/mol. The lowest BCUT2D eigenvalue weighted by molar-refractivity contribution is 1.63. The Morgan fingerprint density at radius 3 is 1.55 bits per heavy atom. The Balaban J connectivity index is 1.04. The van der Waals surface area contributed by atoms with Gasteiger partial charge in [0.1, 0.15) is 0 Å². The van der Waals surface area contributed by atoms with E-state index in [4.69, 9.17) is 0 Å². The molecule has 11 aromatic rings. The number of hydrogen-bond acceptors (Lipinski definition) is 1. The molecule has 0 unspecified atom stereocenters. The summed E-state index contributed by atoms with van der Waals surface area (Å²) in [5.41, 5.74) is 7.56. The van der Waals surface area contributed by atoms with Gasteiger partial charge >= 0.3 is 0 Å². The molecule has 0 nitrogen and oxygen atoms in total. The van der Waals surface area contributed by atoms with E-state index in [1.54, 1.807) is 0 Å². The van der Waals surface area contributed by atoms with E-state index in [-0.39, 0.29) is 0 Å². The van der Waals surface area contributed by atoms with Gasteiger partial charge in [-0.1, -0.05) is 164 Å². The van der Waals surface area contributed by atoms with Crippen LogP contribution in [0.3, 0.4) is 0 Å². The van der Waals surface area contributed by atoms with E-state index in [1.807, 2.05) is 11.3 Å². The van der Waals surface area contributed by atoms with Crippen LogP contribution in [0.5, 0.6) is 0 Å². The zero-order valence-electron chi connectivity index (χ0n) is 27.7. The molecule has 0 saturated heterocycles. The number of hydrogen-bond donors (Lipinski definition) is 0. The molecule has 0 spiro atoms. The second-order valence-corrected chi connectivity index (χ2v) is 14.7. The van der Waals surface area contributed by atoms with Crippen LogP contribution in [-0.4, -0.2) is 0 Å². The highest BCUT2D eigenvalue weighted by molar-refractivity contribution is 7.26. The van der Waals surface area contributed by atoms with E-state index in [2.05, 4.69) is 182 Å². The molecular weight excluding hydrogens is 633 g/mol. The lowest BCUT2D eigenvalue weighted by atomic mass is 9.84. The predicted molar refractivity (Wildman–Crippen MR) is 223 cm³/mol. The van der Waals surface area contributed by atoms with E-state index >= 15 is 0 Å². The van der Waals surface area contributed by atoms with Crippen LogP contribution in [0.15, 0.2) is 182 Å². The quantitative estimate of drug-likeness (QED) is 0.165. The highest BCUT2D eigenvalue weighted by Gasteiger charge is 2.18. The Kier molecular flexibility index (Phi) is 6.22. The number of rotatable bonds is 3. The topological polar surface area (TPSA) is 0 Å². The van der Waals surface area contributed by atoms with Crippen LogP contribution < -0.4 is 0 Å². The highest BCUT2D eigenvalue weighted by Crippen LogP contribution is 2.46. The Labute approximate surface area is 299 Å². The molecule has 236 valence electrons. The van der Waals surface area contributed by atoms with Crippen LogP contribution in [0.4, 0.5) is 0 Å².